The van der Waals surface area contributed by atoms with Crippen molar-refractivity contribution in [3.05, 3.63) is 0 Å². The van der Waals surface area contributed by atoms with Gasteiger partial charge in [0, 0.05) is 0 Å². The summed E-state index contributed by atoms with van der Waals surface area (Å²) in [5.41, 5.74) is -3.09. The van der Waals surface area contributed by atoms with E-state index in [2.05, 4.69) is 32.6 Å². The average molecular weight is 294 g/mol. The highest BCUT2D eigenvalue weighted by molar-refractivity contribution is 8.72. The van der Waals surface area contributed by atoms with Gasteiger partial charge in [0.1, 0.15) is 0 Å². The standard InChI is InChI=1S/C7H19O2PS4/c1-4-12-7(13-10(8,9)11)14(5-2)6-3/h7,14H,4-6H2,1-3H3,(H2,8,9,11). The molecule has 0 aromatic rings. The maximum atomic E-state index is 9.30. The summed E-state index contributed by atoms with van der Waals surface area (Å²) in [4.78, 5) is 18.6. The molecule has 1 unspecified atom stereocenters. The lowest BCUT2D eigenvalue weighted by molar-refractivity contribution is 0.502. The molecule has 0 saturated carbocycles. The molecule has 0 radical (unpaired) electrons. The van der Waals surface area contributed by atoms with E-state index in [-0.39, 0.29) is 10.9 Å². The zero-order valence-electron chi connectivity index (χ0n) is 8.71. The highest BCUT2D eigenvalue weighted by Gasteiger charge is 2.22. The maximum absolute atomic E-state index is 9.30. The molecule has 0 aliphatic rings. The largest absolute Gasteiger partial charge is 0.338 e. The minimum Gasteiger partial charge on any atom is -0.338 e. The lowest BCUT2D eigenvalue weighted by atomic mass is 11.0. The van der Waals surface area contributed by atoms with Gasteiger partial charge in [-0.25, -0.2) is 10.9 Å². The van der Waals surface area contributed by atoms with Crippen LogP contribution in [0.5, 0.6) is 0 Å². The van der Waals surface area contributed by atoms with Crippen LogP contribution in [0.1, 0.15) is 20.8 Å². The summed E-state index contributed by atoms with van der Waals surface area (Å²) >= 11 is 7.68. The Balaban J connectivity index is 4.33. The van der Waals surface area contributed by atoms with E-state index in [9.17, 15) is 9.79 Å². The Hall–Kier alpha value is 1.62. The smallest absolute Gasteiger partial charge is 0.243 e. The van der Waals surface area contributed by atoms with Crippen LogP contribution in [0, 0.1) is 0 Å². The number of thiol groups is 1. The molecule has 14 heavy (non-hydrogen) atoms. The van der Waals surface area contributed by atoms with Gasteiger partial charge in [-0.2, -0.15) is 0 Å². The van der Waals surface area contributed by atoms with Gasteiger partial charge in [-0.15, -0.1) is 11.8 Å². The summed E-state index contributed by atoms with van der Waals surface area (Å²) < 4.78 is 0.297. The first-order chi connectivity index (χ1) is 6.44. The van der Waals surface area contributed by atoms with Crippen LogP contribution in [-0.2, 0) is 11.8 Å². The van der Waals surface area contributed by atoms with Crippen molar-refractivity contribution in [3.63, 3.8) is 0 Å². The van der Waals surface area contributed by atoms with E-state index in [4.69, 9.17) is 0 Å². The van der Waals surface area contributed by atoms with Gasteiger partial charge in [0.15, 0.2) is 0 Å². The van der Waals surface area contributed by atoms with Crippen LogP contribution in [0.2, 0.25) is 0 Å². The van der Waals surface area contributed by atoms with E-state index in [1.54, 1.807) is 11.8 Å². The molecule has 0 heterocycles. The summed E-state index contributed by atoms with van der Waals surface area (Å²) in [6.45, 7) is 6.42. The molecule has 2 N–H and O–H groups in total. The van der Waals surface area contributed by atoms with Gasteiger partial charge in [-0.05, 0) is 40.4 Å². The molecular formula is C7H19O2PS4. The molecule has 88 valence electrons. The summed E-state index contributed by atoms with van der Waals surface area (Å²) in [5.74, 6) is 3.27. The van der Waals surface area contributed by atoms with Gasteiger partial charge in [-0.1, -0.05) is 20.8 Å². The molecule has 0 saturated heterocycles. The van der Waals surface area contributed by atoms with Crippen molar-refractivity contribution in [1.29, 1.82) is 0 Å². The van der Waals surface area contributed by atoms with E-state index in [0.717, 1.165) is 17.3 Å². The molecule has 0 aliphatic heterocycles. The van der Waals surface area contributed by atoms with Crippen molar-refractivity contribution < 1.29 is 9.79 Å². The Labute approximate surface area is 103 Å². The summed E-state index contributed by atoms with van der Waals surface area (Å²) in [6, 6.07) is 0. The van der Waals surface area contributed by atoms with Crippen LogP contribution >= 0.6 is 39.7 Å². The third kappa shape index (κ3) is 6.99. The number of rotatable bonds is 7. The van der Waals surface area contributed by atoms with Gasteiger partial charge in [0.2, 0.25) is 5.69 Å². The van der Waals surface area contributed by atoms with Crippen LogP contribution < -0.4 is 0 Å². The Morgan fingerprint density at radius 3 is 2.07 bits per heavy atom. The molecule has 0 spiro atoms. The van der Waals surface area contributed by atoms with Gasteiger partial charge < -0.3 is 9.79 Å². The van der Waals surface area contributed by atoms with Crippen LogP contribution in [0.25, 0.3) is 0 Å². The van der Waals surface area contributed by atoms with Gasteiger partial charge in [0.25, 0.3) is 0 Å². The van der Waals surface area contributed by atoms with Gasteiger partial charge in [0.05, 0.1) is 3.91 Å². The molecule has 0 aliphatic carbocycles. The minimum absolute atomic E-state index is 0.123. The first-order valence-corrected chi connectivity index (χ1v) is 11.6. The minimum atomic E-state index is -3.09. The summed E-state index contributed by atoms with van der Waals surface area (Å²) in [5, 5.41) is 0. The van der Waals surface area contributed by atoms with E-state index in [1.807, 2.05) is 0 Å². The van der Waals surface area contributed by atoms with E-state index < -0.39 is 5.69 Å². The molecule has 0 bridgehead atoms. The van der Waals surface area contributed by atoms with Gasteiger partial charge in [-0.3, -0.25) is 0 Å². The van der Waals surface area contributed by atoms with Crippen LogP contribution in [-0.4, -0.2) is 31.0 Å². The topological polar surface area (TPSA) is 40.5 Å². The normalized spacial score (nSPS) is 15.4. The van der Waals surface area contributed by atoms with Crippen LogP contribution in [0.4, 0.5) is 0 Å². The van der Waals surface area contributed by atoms with Crippen molar-refractivity contribution in [2.75, 3.05) is 17.3 Å². The maximum Gasteiger partial charge on any atom is 0.243 e. The second-order valence-electron chi connectivity index (χ2n) is 2.58. The highest BCUT2D eigenvalue weighted by Crippen LogP contribution is 2.61. The quantitative estimate of drug-likeness (QED) is 0.382. The predicted molar refractivity (Wildman–Crippen MR) is 78.3 cm³/mol. The molecular weight excluding hydrogens is 275 g/mol. The van der Waals surface area contributed by atoms with Crippen LogP contribution in [0.15, 0.2) is 0 Å². The van der Waals surface area contributed by atoms with Crippen molar-refractivity contribution >= 4 is 51.5 Å². The first kappa shape index (κ1) is 15.6. The number of thioether (sulfide) groups is 1. The zero-order chi connectivity index (χ0) is 11.2. The monoisotopic (exact) mass is 294 g/mol. The molecule has 1 atom stereocenters. The third-order valence-corrected chi connectivity index (χ3v) is 11.3. The van der Waals surface area contributed by atoms with Crippen molar-refractivity contribution in [1.82, 2.24) is 0 Å². The summed E-state index contributed by atoms with van der Waals surface area (Å²) in [7, 11) is -0.123. The second kappa shape index (κ2) is 7.82. The molecule has 0 rings (SSSR count). The molecule has 2 nitrogen and oxygen atoms in total. The van der Waals surface area contributed by atoms with Crippen molar-refractivity contribution in [3.8, 4) is 0 Å². The lowest BCUT2D eigenvalue weighted by Gasteiger charge is -2.28. The lowest BCUT2D eigenvalue weighted by Crippen LogP contribution is -2.03. The van der Waals surface area contributed by atoms with Crippen molar-refractivity contribution in [2.24, 2.45) is 0 Å². The van der Waals surface area contributed by atoms with E-state index in [0.29, 0.717) is 3.91 Å². The van der Waals surface area contributed by atoms with Crippen LogP contribution in [0.3, 0.4) is 0 Å². The predicted octanol–water partition coefficient (Wildman–Crippen LogP) is 3.01. The second-order valence-corrected chi connectivity index (χ2v) is 14.0. The molecule has 0 fully saturated rings. The molecule has 0 aromatic carbocycles. The highest BCUT2D eigenvalue weighted by atomic mass is 32.9. The number of hydrogen-bond donors (Lipinski definition) is 3. The van der Waals surface area contributed by atoms with E-state index >= 15 is 0 Å². The Morgan fingerprint density at radius 2 is 1.79 bits per heavy atom. The fraction of sp³-hybridized carbons (Fsp3) is 1.00. The summed E-state index contributed by atoms with van der Waals surface area (Å²) in [6.07, 6.45) is 0. The Morgan fingerprint density at radius 1 is 1.29 bits per heavy atom. The first-order valence-electron chi connectivity index (χ1n) is 4.54. The fourth-order valence-electron chi connectivity index (χ4n) is 0.984. The van der Waals surface area contributed by atoms with Crippen molar-refractivity contribution in [2.45, 2.75) is 24.7 Å². The Kier molecular flexibility index (Phi) is 8.73. The average Bonchev–Trinajstić information content (AvgIpc) is 2.04. The van der Waals surface area contributed by atoms with E-state index in [1.165, 1.54) is 11.4 Å². The molecule has 0 amide bonds. The number of hydrogen-bond acceptors (Lipinski definition) is 3. The molecule has 0 aromatic heterocycles. The Bertz CT molecular complexity index is 192. The molecule has 7 heteroatoms. The van der Waals surface area contributed by atoms with Gasteiger partial charge >= 0.3 is 0 Å². The SMILES string of the molecule is CCSC(SP(O)(O)=S)[SH](CC)CC. The zero-order valence-corrected chi connectivity index (χ0v) is 13.0. The fourth-order valence-corrected chi connectivity index (χ4v) is 13.4. The third-order valence-electron chi connectivity index (χ3n) is 1.65.